The van der Waals surface area contributed by atoms with E-state index in [2.05, 4.69) is 5.32 Å². The summed E-state index contributed by atoms with van der Waals surface area (Å²) in [6.07, 6.45) is 2.08. The SMILES string of the molecule is CC(=O)NC(CSc1ccc(C)c(Cl)c1)C(=O)N1CCCC1. The molecule has 0 saturated carbocycles. The lowest BCUT2D eigenvalue weighted by Crippen LogP contribution is -2.48. The number of nitrogens with one attached hydrogen (secondary N) is 1. The van der Waals surface area contributed by atoms with Crippen molar-refractivity contribution in [2.24, 2.45) is 0 Å². The molecule has 22 heavy (non-hydrogen) atoms. The highest BCUT2D eigenvalue weighted by molar-refractivity contribution is 7.99. The van der Waals surface area contributed by atoms with Gasteiger partial charge in [-0.2, -0.15) is 0 Å². The molecular weight excluding hydrogens is 320 g/mol. The van der Waals surface area contributed by atoms with Crippen molar-refractivity contribution in [3.05, 3.63) is 28.8 Å². The minimum absolute atomic E-state index is 0.0124. The number of carbonyl (C=O) groups is 2. The summed E-state index contributed by atoms with van der Waals surface area (Å²) in [6.45, 7) is 4.97. The number of rotatable bonds is 5. The van der Waals surface area contributed by atoms with Gasteiger partial charge in [-0.25, -0.2) is 0 Å². The van der Waals surface area contributed by atoms with Gasteiger partial charge in [-0.15, -0.1) is 11.8 Å². The van der Waals surface area contributed by atoms with Crippen molar-refractivity contribution in [2.45, 2.75) is 37.6 Å². The maximum Gasteiger partial charge on any atom is 0.246 e. The molecule has 6 heteroatoms. The summed E-state index contributed by atoms with van der Waals surface area (Å²) in [5.74, 6) is 0.340. The van der Waals surface area contributed by atoms with Gasteiger partial charge in [-0.3, -0.25) is 9.59 Å². The Morgan fingerprint density at radius 2 is 2.05 bits per heavy atom. The highest BCUT2D eigenvalue weighted by Gasteiger charge is 2.27. The Kier molecular flexibility index (Phi) is 6.15. The van der Waals surface area contributed by atoms with Gasteiger partial charge in [0.05, 0.1) is 0 Å². The Morgan fingerprint density at radius 3 is 2.64 bits per heavy atom. The van der Waals surface area contributed by atoms with Gasteiger partial charge in [0.25, 0.3) is 0 Å². The molecule has 1 saturated heterocycles. The molecule has 1 fully saturated rings. The number of hydrogen-bond acceptors (Lipinski definition) is 3. The number of amides is 2. The van der Waals surface area contributed by atoms with Crippen molar-refractivity contribution in [3.8, 4) is 0 Å². The van der Waals surface area contributed by atoms with Gasteiger partial charge in [0.1, 0.15) is 6.04 Å². The Hall–Kier alpha value is -1.20. The molecule has 1 aromatic rings. The first kappa shape index (κ1) is 17.2. The van der Waals surface area contributed by atoms with Crippen LogP contribution in [0.25, 0.3) is 0 Å². The molecule has 1 N–H and O–H groups in total. The third kappa shape index (κ3) is 4.65. The van der Waals surface area contributed by atoms with Crippen molar-refractivity contribution >= 4 is 35.2 Å². The van der Waals surface area contributed by atoms with Crippen molar-refractivity contribution in [2.75, 3.05) is 18.8 Å². The van der Waals surface area contributed by atoms with Crippen LogP contribution in [0.1, 0.15) is 25.3 Å². The van der Waals surface area contributed by atoms with Crippen LogP contribution >= 0.6 is 23.4 Å². The highest BCUT2D eigenvalue weighted by Crippen LogP contribution is 2.25. The number of thioether (sulfide) groups is 1. The Balaban J connectivity index is 2.00. The molecule has 1 atom stereocenters. The first-order valence-electron chi connectivity index (χ1n) is 7.42. The van der Waals surface area contributed by atoms with E-state index in [1.165, 1.54) is 18.7 Å². The van der Waals surface area contributed by atoms with Gasteiger partial charge in [0.2, 0.25) is 11.8 Å². The smallest absolute Gasteiger partial charge is 0.246 e. The van der Waals surface area contributed by atoms with E-state index >= 15 is 0 Å². The van der Waals surface area contributed by atoms with E-state index in [0.717, 1.165) is 36.4 Å². The zero-order valence-electron chi connectivity index (χ0n) is 12.9. The summed E-state index contributed by atoms with van der Waals surface area (Å²) in [4.78, 5) is 26.7. The van der Waals surface area contributed by atoms with Gasteiger partial charge in [-0.1, -0.05) is 17.7 Å². The minimum Gasteiger partial charge on any atom is -0.344 e. The number of hydrogen-bond donors (Lipinski definition) is 1. The monoisotopic (exact) mass is 340 g/mol. The maximum atomic E-state index is 12.5. The molecule has 0 aliphatic carbocycles. The second-order valence-electron chi connectivity index (χ2n) is 5.51. The molecule has 1 aliphatic heterocycles. The molecule has 4 nitrogen and oxygen atoms in total. The van der Waals surface area contributed by atoms with E-state index in [1.54, 1.807) is 0 Å². The molecule has 1 aromatic carbocycles. The third-order valence-corrected chi connectivity index (χ3v) is 5.15. The zero-order valence-corrected chi connectivity index (χ0v) is 14.5. The summed E-state index contributed by atoms with van der Waals surface area (Å²) < 4.78 is 0. The molecule has 1 aliphatic rings. The molecule has 1 heterocycles. The van der Waals surface area contributed by atoms with Gasteiger partial charge in [0.15, 0.2) is 0 Å². The first-order chi connectivity index (χ1) is 10.5. The number of likely N-dealkylation sites (tertiary alicyclic amines) is 1. The molecule has 0 bridgehead atoms. The molecule has 0 aromatic heterocycles. The predicted octanol–water partition coefficient (Wildman–Crippen LogP) is 2.87. The fourth-order valence-corrected chi connectivity index (χ4v) is 3.62. The second-order valence-corrected chi connectivity index (χ2v) is 7.01. The average molecular weight is 341 g/mol. The number of carbonyl (C=O) groups excluding carboxylic acids is 2. The van der Waals surface area contributed by atoms with E-state index in [0.29, 0.717) is 10.8 Å². The maximum absolute atomic E-state index is 12.5. The van der Waals surface area contributed by atoms with Crippen LogP contribution in [0, 0.1) is 6.92 Å². The summed E-state index contributed by atoms with van der Waals surface area (Å²) in [5.41, 5.74) is 1.03. The van der Waals surface area contributed by atoms with Crippen LogP contribution in [0.4, 0.5) is 0 Å². The van der Waals surface area contributed by atoms with Crippen LogP contribution in [0.2, 0.25) is 5.02 Å². The van der Waals surface area contributed by atoms with Crippen LogP contribution in [-0.2, 0) is 9.59 Å². The summed E-state index contributed by atoms with van der Waals surface area (Å²) >= 11 is 7.66. The topological polar surface area (TPSA) is 49.4 Å². The number of aryl methyl sites for hydroxylation is 1. The molecule has 2 rings (SSSR count). The van der Waals surface area contributed by atoms with Crippen molar-refractivity contribution in [3.63, 3.8) is 0 Å². The van der Waals surface area contributed by atoms with Crippen LogP contribution < -0.4 is 5.32 Å². The number of nitrogens with zero attached hydrogens (tertiary/aromatic N) is 1. The molecule has 120 valence electrons. The Morgan fingerprint density at radius 1 is 1.36 bits per heavy atom. The molecular formula is C16H21ClN2O2S. The van der Waals surface area contributed by atoms with Crippen molar-refractivity contribution in [1.29, 1.82) is 0 Å². The summed E-state index contributed by atoms with van der Waals surface area (Å²) in [7, 11) is 0. The van der Waals surface area contributed by atoms with Crippen LogP contribution in [-0.4, -0.2) is 41.6 Å². The van der Waals surface area contributed by atoms with Gasteiger partial charge in [-0.05, 0) is 37.5 Å². The van der Waals surface area contributed by atoms with Gasteiger partial charge in [0, 0.05) is 35.7 Å². The fourth-order valence-electron chi connectivity index (χ4n) is 2.42. The van der Waals surface area contributed by atoms with Gasteiger partial charge < -0.3 is 10.2 Å². The minimum atomic E-state index is -0.485. The molecule has 2 amide bonds. The summed E-state index contributed by atoms with van der Waals surface area (Å²) in [5, 5.41) is 3.48. The van der Waals surface area contributed by atoms with E-state index in [-0.39, 0.29) is 11.8 Å². The molecule has 1 unspecified atom stereocenters. The molecule has 0 radical (unpaired) electrons. The average Bonchev–Trinajstić information content (AvgIpc) is 3.00. The largest absolute Gasteiger partial charge is 0.344 e. The Labute approximate surface area is 140 Å². The highest BCUT2D eigenvalue weighted by atomic mass is 35.5. The predicted molar refractivity (Wildman–Crippen MR) is 90.3 cm³/mol. The number of benzene rings is 1. The van der Waals surface area contributed by atoms with Crippen LogP contribution in [0.3, 0.4) is 0 Å². The van der Waals surface area contributed by atoms with Gasteiger partial charge >= 0.3 is 0 Å². The quantitative estimate of drug-likeness (QED) is 0.838. The summed E-state index contributed by atoms with van der Waals surface area (Å²) in [6, 6.07) is 5.35. The standard InChI is InChI=1S/C16H21ClN2O2S/c1-11-5-6-13(9-14(11)17)22-10-15(18-12(2)20)16(21)19-7-3-4-8-19/h5-6,9,15H,3-4,7-8,10H2,1-2H3,(H,18,20). The van der Waals surface area contributed by atoms with E-state index in [1.807, 2.05) is 30.0 Å². The molecule has 0 spiro atoms. The van der Waals surface area contributed by atoms with E-state index in [4.69, 9.17) is 11.6 Å². The van der Waals surface area contributed by atoms with Crippen molar-refractivity contribution < 1.29 is 9.59 Å². The lowest BCUT2D eigenvalue weighted by Gasteiger charge is -2.23. The fraction of sp³-hybridized carbons (Fsp3) is 0.500. The van der Waals surface area contributed by atoms with Crippen LogP contribution in [0.15, 0.2) is 23.1 Å². The lowest BCUT2D eigenvalue weighted by atomic mass is 10.2. The zero-order chi connectivity index (χ0) is 16.1. The normalized spacial score (nSPS) is 15.7. The van der Waals surface area contributed by atoms with Crippen LogP contribution in [0.5, 0.6) is 0 Å². The first-order valence-corrected chi connectivity index (χ1v) is 8.78. The Bertz CT molecular complexity index is 559. The van der Waals surface area contributed by atoms with E-state index < -0.39 is 6.04 Å². The number of halogens is 1. The third-order valence-electron chi connectivity index (χ3n) is 3.65. The van der Waals surface area contributed by atoms with E-state index in [9.17, 15) is 9.59 Å². The van der Waals surface area contributed by atoms with Crippen molar-refractivity contribution in [1.82, 2.24) is 10.2 Å². The second kappa shape index (κ2) is 7.88. The lowest BCUT2D eigenvalue weighted by molar-refractivity contribution is -0.134.